The Morgan fingerprint density at radius 3 is 2.72 bits per heavy atom. The third-order valence-corrected chi connectivity index (χ3v) is 6.94. The largest absolute Gasteiger partial charge is 0.292 e. The van der Waals surface area contributed by atoms with Crippen LogP contribution in [0.1, 0.15) is 33.5 Å². The Bertz CT molecular complexity index is 1300. The molecule has 1 aliphatic carbocycles. The first-order valence-electron chi connectivity index (χ1n) is 9.81. The van der Waals surface area contributed by atoms with Gasteiger partial charge in [0, 0.05) is 10.4 Å². The van der Waals surface area contributed by atoms with E-state index in [2.05, 4.69) is 11.1 Å². The fourth-order valence-electron chi connectivity index (χ4n) is 4.13. The Morgan fingerprint density at radius 1 is 1.10 bits per heavy atom. The summed E-state index contributed by atoms with van der Waals surface area (Å²) in [6.45, 7) is 1.97. The number of carbonyl (C=O) groups is 1. The smallest absolute Gasteiger partial charge is 0.262 e. The summed E-state index contributed by atoms with van der Waals surface area (Å²) in [5, 5.41) is 0.609. The predicted octanol–water partition coefficient (Wildman–Crippen LogP) is 4.81. The highest BCUT2D eigenvalue weighted by atomic mass is 32.1. The van der Waals surface area contributed by atoms with Gasteiger partial charge in [-0.15, -0.1) is 11.3 Å². The van der Waals surface area contributed by atoms with E-state index in [0.29, 0.717) is 15.8 Å². The first-order chi connectivity index (χ1) is 14.1. The number of thiophene rings is 1. The molecule has 0 unspecified atom stereocenters. The lowest BCUT2D eigenvalue weighted by atomic mass is 10.0. The van der Waals surface area contributed by atoms with Crippen molar-refractivity contribution < 1.29 is 4.79 Å². The number of nitrogens with zero attached hydrogens (tertiary/aromatic N) is 2. The molecule has 0 saturated heterocycles. The fraction of sp³-hybridized carbons (Fsp3) is 0.208. The monoisotopic (exact) mass is 400 g/mol. The van der Waals surface area contributed by atoms with Gasteiger partial charge in [0.05, 0.1) is 18.3 Å². The molecule has 4 aromatic rings. The average molecular weight is 401 g/mol. The normalized spacial score (nSPS) is 13.0. The van der Waals surface area contributed by atoms with Crippen LogP contribution in [-0.4, -0.2) is 15.3 Å². The molecule has 5 heteroatoms. The molecule has 1 aliphatic rings. The Kier molecular flexibility index (Phi) is 4.40. The van der Waals surface area contributed by atoms with Gasteiger partial charge in [0.15, 0.2) is 5.78 Å². The molecule has 0 atom stereocenters. The number of aromatic nitrogens is 2. The topological polar surface area (TPSA) is 52.0 Å². The van der Waals surface area contributed by atoms with Crippen molar-refractivity contribution in [3.63, 3.8) is 0 Å². The summed E-state index contributed by atoms with van der Waals surface area (Å²) < 4.78 is 1.44. The molecule has 29 heavy (non-hydrogen) atoms. The van der Waals surface area contributed by atoms with Gasteiger partial charge in [-0.25, -0.2) is 4.98 Å². The molecular formula is C24H20N2O2S. The van der Waals surface area contributed by atoms with Crippen molar-refractivity contribution in [2.24, 2.45) is 0 Å². The van der Waals surface area contributed by atoms with Crippen LogP contribution in [0, 0.1) is 6.92 Å². The summed E-state index contributed by atoms with van der Waals surface area (Å²) in [6, 6.07) is 15.9. The van der Waals surface area contributed by atoms with Crippen LogP contribution < -0.4 is 5.56 Å². The summed E-state index contributed by atoms with van der Waals surface area (Å²) in [4.78, 5) is 32.2. The number of hydrogen-bond acceptors (Lipinski definition) is 4. The van der Waals surface area contributed by atoms with Crippen molar-refractivity contribution in [2.45, 2.75) is 32.7 Å². The number of aryl methyl sites for hydroxylation is 3. The number of hydrogen-bond donors (Lipinski definition) is 0. The molecule has 0 fully saturated rings. The van der Waals surface area contributed by atoms with E-state index in [9.17, 15) is 9.59 Å². The summed E-state index contributed by atoms with van der Waals surface area (Å²) >= 11 is 1.52. The molecular weight excluding hydrogens is 380 g/mol. The Morgan fingerprint density at radius 2 is 1.90 bits per heavy atom. The molecule has 0 saturated carbocycles. The maximum absolute atomic E-state index is 13.1. The van der Waals surface area contributed by atoms with E-state index in [1.807, 2.05) is 49.4 Å². The van der Waals surface area contributed by atoms with Gasteiger partial charge in [-0.05, 0) is 54.5 Å². The van der Waals surface area contributed by atoms with Crippen molar-refractivity contribution in [3.8, 4) is 10.4 Å². The lowest BCUT2D eigenvalue weighted by molar-refractivity contribution is 0.0970. The predicted molar refractivity (Wildman–Crippen MR) is 117 cm³/mol. The minimum Gasteiger partial charge on any atom is -0.292 e. The molecule has 0 aliphatic heterocycles. The van der Waals surface area contributed by atoms with Crippen molar-refractivity contribution >= 4 is 27.3 Å². The van der Waals surface area contributed by atoms with Crippen LogP contribution in [0.4, 0.5) is 0 Å². The molecule has 0 bridgehead atoms. The number of ketones is 1. The average Bonchev–Trinajstić information content (AvgIpc) is 3.34. The van der Waals surface area contributed by atoms with Crippen LogP contribution in [0.15, 0.2) is 59.7 Å². The third-order valence-electron chi connectivity index (χ3n) is 5.69. The van der Waals surface area contributed by atoms with Crippen LogP contribution >= 0.6 is 11.3 Å². The number of fused-ring (bicyclic) bond motifs is 2. The molecule has 5 rings (SSSR count). The second-order valence-electron chi connectivity index (χ2n) is 7.54. The summed E-state index contributed by atoms with van der Waals surface area (Å²) in [5.74, 6) is -0.0564. The molecule has 4 nitrogen and oxygen atoms in total. The van der Waals surface area contributed by atoms with E-state index >= 15 is 0 Å². The van der Waals surface area contributed by atoms with E-state index in [1.54, 1.807) is 0 Å². The molecule has 0 radical (unpaired) electrons. The van der Waals surface area contributed by atoms with E-state index in [-0.39, 0.29) is 17.9 Å². The number of benzene rings is 2. The van der Waals surface area contributed by atoms with Gasteiger partial charge in [0.25, 0.3) is 5.56 Å². The van der Waals surface area contributed by atoms with Gasteiger partial charge in [0.1, 0.15) is 4.83 Å². The minimum absolute atomic E-state index is 0.0104. The van der Waals surface area contributed by atoms with Crippen LogP contribution in [0.5, 0.6) is 0 Å². The van der Waals surface area contributed by atoms with Gasteiger partial charge in [-0.2, -0.15) is 0 Å². The van der Waals surface area contributed by atoms with E-state index in [0.717, 1.165) is 35.3 Å². The van der Waals surface area contributed by atoms with Crippen LogP contribution in [0.25, 0.3) is 20.7 Å². The van der Waals surface area contributed by atoms with Gasteiger partial charge in [-0.3, -0.25) is 14.2 Å². The second-order valence-corrected chi connectivity index (χ2v) is 8.54. The lowest BCUT2D eigenvalue weighted by Gasteiger charge is -2.07. The highest BCUT2D eigenvalue weighted by molar-refractivity contribution is 7.22. The molecule has 2 heterocycles. The first-order valence-corrected chi connectivity index (χ1v) is 10.6. The zero-order chi connectivity index (χ0) is 20.0. The van der Waals surface area contributed by atoms with Gasteiger partial charge >= 0.3 is 0 Å². The van der Waals surface area contributed by atoms with Crippen molar-refractivity contribution in [1.82, 2.24) is 9.55 Å². The SMILES string of the molecule is Cc1c(-c2ccccc2)sc2ncn(CC(=O)c3ccc4c(c3)CCC4)c(=O)c12. The molecule has 0 spiro atoms. The zero-order valence-electron chi connectivity index (χ0n) is 16.1. The van der Waals surface area contributed by atoms with Crippen molar-refractivity contribution in [1.29, 1.82) is 0 Å². The minimum atomic E-state index is -0.152. The lowest BCUT2D eigenvalue weighted by Crippen LogP contribution is -2.24. The Hall–Kier alpha value is -3.05. The molecule has 2 aromatic heterocycles. The van der Waals surface area contributed by atoms with Gasteiger partial charge in [0.2, 0.25) is 0 Å². The van der Waals surface area contributed by atoms with E-state index in [1.165, 1.54) is 33.4 Å². The maximum atomic E-state index is 13.1. The summed E-state index contributed by atoms with van der Waals surface area (Å²) in [6.07, 6.45) is 4.76. The number of rotatable bonds is 4. The molecule has 0 N–H and O–H groups in total. The van der Waals surface area contributed by atoms with E-state index in [4.69, 9.17) is 0 Å². The molecule has 0 amide bonds. The quantitative estimate of drug-likeness (QED) is 0.462. The third kappa shape index (κ3) is 3.12. The highest BCUT2D eigenvalue weighted by Crippen LogP contribution is 2.35. The fourth-order valence-corrected chi connectivity index (χ4v) is 5.27. The van der Waals surface area contributed by atoms with Gasteiger partial charge in [-0.1, -0.05) is 42.5 Å². The molecule has 2 aromatic carbocycles. The van der Waals surface area contributed by atoms with Crippen molar-refractivity contribution in [3.05, 3.63) is 87.5 Å². The first kappa shape index (κ1) is 18.0. The van der Waals surface area contributed by atoms with Crippen LogP contribution in [0.3, 0.4) is 0 Å². The van der Waals surface area contributed by atoms with Gasteiger partial charge < -0.3 is 0 Å². The maximum Gasteiger partial charge on any atom is 0.262 e. The molecule has 144 valence electrons. The Balaban J connectivity index is 1.51. The standard InChI is InChI=1S/C24H20N2O2S/c1-15-21-23(29-22(15)17-6-3-2-4-7-17)25-14-26(24(21)28)13-20(27)19-11-10-16-8-5-9-18(16)12-19/h2-4,6-7,10-12,14H,5,8-9,13H2,1H3. The zero-order valence-corrected chi connectivity index (χ0v) is 17.0. The van der Waals surface area contributed by atoms with Crippen molar-refractivity contribution in [2.75, 3.05) is 0 Å². The highest BCUT2D eigenvalue weighted by Gasteiger charge is 2.18. The second kappa shape index (κ2) is 7.08. The van der Waals surface area contributed by atoms with Crippen LogP contribution in [0.2, 0.25) is 0 Å². The summed E-state index contributed by atoms with van der Waals surface area (Å²) in [7, 11) is 0. The number of Topliss-reactive ketones (excluding diaryl/α,β-unsaturated/α-hetero) is 1. The summed E-state index contributed by atoms with van der Waals surface area (Å²) in [5.41, 5.74) is 5.12. The van der Waals surface area contributed by atoms with Crippen LogP contribution in [-0.2, 0) is 19.4 Å². The Labute approximate surface area is 172 Å². The van der Waals surface area contributed by atoms with E-state index < -0.39 is 0 Å². The number of carbonyl (C=O) groups excluding carboxylic acids is 1.